The molecule has 0 unspecified atom stereocenters. The molecule has 2 heterocycles. The molecule has 126 valence electrons. The van der Waals surface area contributed by atoms with Gasteiger partial charge in [0.15, 0.2) is 0 Å². The molecule has 0 aliphatic heterocycles. The number of aryl methyl sites for hydroxylation is 1. The van der Waals surface area contributed by atoms with E-state index in [4.69, 9.17) is 0 Å². The summed E-state index contributed by atoms with van der Waals surface area (Å²) in [7, 11) is 0. The largest absolute Gasteiger partial charge is 0.345 e. The van der Waals surface area contributed by atoms with E-state index in [9.17, 15) is 4.79 Å². The van der Waals surface area contributed by atoms with Crippen LogP contribution in [0.25, 0.3) is 0 Å². The van der Waals surface area contributed by atoms with Crippen LogP contribution in [0.1, 0.15) is 21.7 Å². The van der Waals surface area contributed by atoms with Crippen LogP contribution in [-0.4, -0.2) is 20.9 Å². The maximum atomic E-state index is 12.3. The molecular weight excluding hydrogens is 382 g/mol. The van der Waals surface area contributed by atoms with Gasteiger partial charge in [0.25, 0.3) is 5.91 Å². The van der Waals surface area contributed by atoms with E-state index < -0.39 is 0 Å². The number of carbonyl (C=O) groups excluding carboxylic acids is 1. The third kappa shape index (κ3) is 4.60. The van der Waals surface area contributed by atoms with Crippen molar-refractivity contribution in [2.24, 2.45) is 0 Å². The van der Waals surface area contributed by atoms with E-state index in [0.717, 1.165) is 21.4 Å². The average Bonchev–Trinajstić information content (AvgIpc) is 2.64. The Morgan fingerprint density at radius 1 is 1.12 bits per heavy atom. The van der Waals surface area contributed by atoms with Crippen molar-refractivity contribution in [1.82, 2.24) is 20.3 Å². The summed E-state index contributed by atoms with van der Waals surface area (Å²) in [5.74, 6) is 0.0929. The maximum absolute atomic E-state index is 12.3. The van der Waals surface area contributed by atoms with Crippen LogP contribution in [-0.2, 0) is 6.54 Å². The summed E-state index contributed by atoms with van der Waals surface area (Å²) in [4.78, 5) is 24.9. The lowest BCUT2D eigenvalue weighted by molar-refractivity contribution is 0.0945. The predicted molar refractivity (Wildman–Crippen MR) is 99.6 cm³/mol. The number of hydrogen-bond acceptors (Lipinski definition) is 5. The van der Waals surface area contributed by atoms with E-state index in [1.807, 2.05) is 43.3 Å². The van der Waals surface area contributed by atoms with Crippen LogP contribution in [0.4, 0.5) is 11.6 Å². The van der Waals surface area contributed by atoms with Crippen molar-refractivity contribution in [3.63, 3.8) is 0 Å². The Morgan fingerprint density at radius 2 is 2.00 bits per heavy atom. The minimum absolute atomic E-state index is 0.275. The van der Waals surface area contributed by atoms with E-state index in [-0.39, 0.29) is 5.91 Å². The molecule has 0 spiro atoms. The van der Waals surface area contributed by atoms with Gasteiger partial charge in [-0.1, -0.05) is 22.0 Å². The monoisotopic (exact) mass is 397 g/mol. The van der Waals surface area contributed by atoms with Crippen LogP contribution < -0.4 is 10.6 Å². The van der Waals surface area contributed by atoms with Crippen molar-refractivity contribution in [2.75, 3.05) is 5.32 Å². The molecular formula is C18H16BrN5O. The van der Waals surface area contributed by atoms with Gasteiger partial charge >= 0.3 is 0 Å². The number of aromatic nitrogens is 3. The van der Waals surface area contributed by atoms with Crippen LogP contribution >= 0.6 is 15.9 Å². The van der Waals surface area contributed by atoms with Crippen LogP contribution in [0.5, 0.6) is 0 Å². The van der Waals surface area contributed by atoms with Crippen LogP contribution in [0.3, 0.4) is 0 Å². The number of nitrogens with one attached hydrogen (secondary N) is 2. The predicted octanol–water partition coefficient (Wildman–Crippen LogP) is 3.62. The van der Waals surface area contributed by atoms with Gasteiger partial charge in [-0.2, -0.15) is 0 Å². The van der Waals surface area contributed by atoms with Gasteiger partial charge in [-0.3, -0.25) is 9.78 Å². The molecule has 0 fully saturated rings. The van der Waals surface area contributed by atoms with Crippen molar-refractivity contribution in [2.45, 2.75) is 13.5 Å². The van der Waals surface area contributed by atoms with E-state index in [2.05, 4.69) is 41.5 Å². The molecule has 1 amide bonds. The Hall–Kier alpha value is -2.80. The van der Waals surface area contributed by atoms with E-state index in [0.29, 0.717) is 18.2 Å². The number of carbonyl (C=O) groups is 1. The SMILES string of the molecule is Cc1cc(Nc2nccc(C(=O)NCc3ccccn3)n2)ccc1Br. The minimum atomic E-state index is -0.275. The summed E-state index contributed by atoms with van der Waals surface area (Å²) in [6.45, 7) is 2.34. The summed E-state index contributed by atoms with van der Waals surface area (Å²) < 4.78 is 1.03. The quantitative estimate of drug-likeness (QED) is 0.687. The first kappa shape index (κ1) is 17.0. The molecule has 0 bridgehead atoms. The first-order valence-corrected chi connectivity index (χ1v) is 8.45. The summed E-state index contributed by atoms with van der Waals surface area (Å²) in [5, 5.41) is 5.90. The van der Waals surface area contributed by atoms with Crippen LogP contribution in [0, 0.1) is 6.92 Å². The first-order valence-electron chi connectivity index (χ1n) is 7.66. The second-order valence-corrected chi connectivity index (χ2v) is 6.21. The van der Waals surface area contributed by atoms with Gasteiger partial charge in [0.1, 0.15) is 5.69 Å². The Morgan fingerprint density at radius 3 is 2.76 bits per heavy atom. The molecule has 7 heteroatoms. The Bertz CT molecular complexity index is 886. The van der Waals surface area contributed by atoms with Crippen molar-refractivity contribution in [1.29, 1.82) is 0 Å². The second kappa shape index (κ2) is 7.85. The van der Waals surface area contributed by atoms with Gasteiger partial charge in [-0.25, -0.2) is 9.97 Å². The Labute approximate surface area is 153 Å². The molecule has 0 aliphatic rings. The summed E-state index contributed by atoms with van der Waals surface area (Å²) in [6.07, 6.45) is 3.24. The van der Waals surface area contributed by atoms with Crippen molar-refractivity contribution >= 4 is 33.5 Å². The van der Waals surface area contributed by atoms with Gasteiger partial charge in [0.05, 0.1) is 12.2 Å². The molecule has 3 rings (SSSR count). The smallest absolute Gasteiger partial charge is 0.270 e. The molecule has 0 radical (unpaired) electrons. The van der Waals surface area contributed by atoms with E-state index in [1.165, 1.54) is 0 Å². The fraction of sp³-hybridized carbons (Fsp3) is 0.111. The highest BCUT2D eigenvalue weighted by Gasteiger charge is 2.09. The highest BCUT2D eigenvalue weighted by atomic mass is 79.9. The Kier molecular flexibility index (Phi) is 5.35. The third-order valence-electron chi connectivity index (χ3n) is 3.46. The fourth-order valence-electron chi connectivity index (χ4n) is 2.16. The normalized spacial score (nSPS) is 10.3. The number of anilines is 2. The number of nitrogens with zero attached hydrogens (tertiary/aromatic N) is 3. The molecule has 3 aromatic rings. The average molecular weight is 398 g/mol. The second-order valence-electron chi connectivity index (χ2n) is 5.36. The Balaban J connectivity index is 1.68. The van der Waals surface area contributed by atoms with E-state index >= 15 is 0 Å². The molecule has 0 atom stereocenters. The number of pyridine rings is 1. The molecule has 0 saturated heterocycles. The van der Waals surface area contributed by atoms with Crippen molar-refractivity contribution in [3.05, 3.63) is 76.3 Å². The standard InChI is InChI=1S/C18H16BrN5O/c1-12-10-13(5-6-15(12)19)23-18-21-9-7-16(24-18)17(25)22-11-14-4-2-3-8-20-14/h2-10H,11H2,1H3,(H,22,25)(H,21,23,24). The van der Waals surface area contributed by atoms with Gasteiger partial charge in [0.2, 0.25) is 5.95 Å². The molecule has 2 N–H and O–H groups in total. The van der Waals surface area contributed by atoms with Gasteiger partial charge < -0.3 is 10.6 Å². The molecule has 0 saturated carbocycles. The summed E-state index contributed by atoms with van der Waals surface area (Å²) in [5.41, 5.74) is 3.02. The number of amides is 1. The van der Waals surface area contributed by atoms with Gasteiger partial charge in [0, 0.05) is 22.6 Å². The molecule has 25 heavy (non-hydrogen) atoms. The highest BCUT2D eigenvalue weighted by molar-refractivity contribution is 9.10. The topological polar surface area (TPSA) is 79.8 Å². The first-order chi connectivity index (χ1) is 12.1. The highest BCUT2D eigenvalue weighted by Crippen LogP contribution is 2.21. The zero-order chi connectivity index (χ0) is 17.6. The van der Waals surface area contributed by atoms with E-state index in [1.54, 1.807) is 18.5 Å². The zero-order valence-corrected chi connectivity index (χ0v) is 15.1. The minimum Gasteiger partial charge on any atom is -0.345 e. The molecule has 1 aromatic carbocycles. The molecule has 0 aliphatic carbocycles. The zero-order valence-electron chi connectivity index (χ0n) is 13.5. The maximum Gasteiger partial charge on any atom is 0.270 e. The number of hydrogen-bond donors (Lipinski definition) is 2. The van der Waals surface area contributed by atoms with Gasteiger partial charge in [-0.05, 0) is 48.9 Å². The fourth-order valence-corrected chi connectivity index (χ4v) is 2.41. The summed E-state index contributed by atoms with van der Waals surface area (Å²) >= 11 is 3.46. The lowest BCUT2D eigenvalue weighted by atomic mass is 10.2. The van der Waals surface area contributed by atoms with Crippen LogP contribution in [0.15, 0.2) is 59.3 Å². The lowest BCUT2D eigenvalue weighted by Crippen LogP contribution is -2.24. The lowest BCUT2D eigenvalue weighted by Gasteiger charge is -2.08. The molecule has 2 aromatic heterocycles. The van der Waals surface area contributed by atoms with Gasteiger partial charge in [-0.15, -0.1) is 0 Å². The number of benzene rings is 1. The van der Waals surface area contributed by atoms with Crippen LogP contribution in [0.2, 0.25) is 0 Å². The third-order valence-corrected chi connectivity index (χ3v) is 4.35. The van der Waals surface area contributed by atoms with Crippen molar-refractivity contribution in [3.8, 4) is 0 Å². The summed E-state index contributed by atoms with van der Waals surface area (Å²) in [6, 6.07) is 13.0. The molecule has 6 nitrogen and oxygen atoms in total. The number of rotatable bonds is 5. The number of halogens is 1. The van der Waals surface area contributed by atoms with Crippen molar-refractivity contribution < 1.29 is 4.79 Å².